The van der Waals surface area contributed by atoms with E-state index in [1.807, 2.05) is 83.4 Å². The van der Waals surface area contributed by atoms with E-state index < -0.39 is 16.0 Å². The number of amides is 1. The molecule has 1 heterocycles. The normalized spacial score (nSPS) is 11.0. The number of hydrogen-bond donors (Lipinski definition) is 3. The second-order valence-corrected chi connectivity index (χ2v) is 9.28. The van der Waals surface area contributed by atoms with Gasteiger partial charge >= 0.3 is 0 Å². The van der Waals surface area contributed by atoms with Crippen LogP contribution in [0, 0.1) is 0 Å². The highest BCUT2D eigenvalue weighted by Crippen LogP contribution is 2.21. The van der Waals surface area contributed by atoms with Gasteiger partial charge < -0.3 is 16.8 Å². The van der Waals surface area contributed by atoms with Crippen molar-refractivity contribution in [3.8, 4) is 22.5 Å². The van der Waals surface area contributed by atoms with Gasteiger partial charge in [-0.15, -0.1) is 4.40 Å². The van der Waals surface area contributed by atoms with Crippen molar-refractivity contribution in [3.63, 3.8) is 0 Å². The highest BCUT2D eigenvalue weighted by molar-refractivity contribution is 7.90. The van der Waals surface area contributed by atoms with E-state index in [4.69, 9.17) is 11.5 Å². The highest BCUT2D eigenvalue weighted by Gasteiger charge is 2.23. The quantitative estimate of drug-likeness (QED) is 0.210. The van der Waals surface area contributed by atoms with E-state index in [9.17, 15) is 13.2 Å². The number of carbonyl (C=O) groups is 1. The van der Waals surface area contributed by atoms with Crippen LogP contribution in [0.2, 0.25) is 0 Å². The molecule has 0 aliphatic heterocycles. The average molecular weight is 487 g/mol. The van der Waals surface area contributed by atoms with Crippen LogP contribution in [-0.4, -0.2) is 20.3 Å². The van der Waals surface area contributed by atoms with Crippen LogP contribution in [0.15, 0.2) is 112 Å². The summed E-state index contributed by atoms with van der Waals surface area (Å²) in [6, 6.07) is 31.2. The number of guanidine groups is 1. The van der Waals surface area contributed by atoms with Gasteiger partial charge in [0.2, 0.25) is 23.9 Å². The third-order valence-electron chi connectivity index (χ3n) is 5.19. The zero-order valence-corrected chi connectivity index (χ0v) is 19.5. The number of hydrogen-bond acceptors (Lipinski definition) is 3. The number of rotatable bonds is 7. The summed E-state index contributed by atoms with van der Waals surface area (Å²) >= 11 is 0. The molecule has 35 heavy (non-hydrogen) atoms. The van der Waals surface area contributed by atoms with E-state index in [1.54, 1.807) is 0 Å². The fourth-order valence-electron chi connectivity index (χ4n) is 3.68. The maximum Gasteiger partial charge on any atom is 0.290 e. The highest BCUT2D eigenvalue weighted by atomic mass is 32.2. The summed E-state index contributed by atoms with van der Waals surface area (Å²) < 4.78 is 29.5. The fourth-order valence-corrected chi connectivity index (χ4v) is 4.54. The molecule has 1 aromatic heterocycles. The summed E-state index contributed by atoms with van der Waals surface area (Å²) in [5.74, 6) is -0.818. The number of sulfonamides is 1. The van der Waals surface area contributed by atoms with Crippen LogP contribution in [0.4, 0.5) is 5.69 Å². The summed E-state index contributed by atoms with van der Waals surface area (Å²) in [7, 11) is -4.00. The number of benzene rings is 3. The third-order valence-corrected chi connectivity index (χ3v) is 6.51. The van der Waals surface area contributed by atoms with Gasteiger partial charge in [-0.1, -0.05) is 36.4 Å². The maximum absolute atomic E-state index is 13.1. The summed E-state index contributed by atoms with van der Waals surface area (Å²) in [5, 5.41) is 2.83. The standard InChI is InChI=1S/C26H23N5O3S/c27-26(28)30-35(33,34)22-16-14-21(15-17-22)29-25(32)18-31-23(19-8-3-1-4-9-19)12-7-13-24(31)20-10-5-2-6-11-20/h1-17H,18H2,(H4-,27,28,29,30,32)/p+1. The SMILES string of the molecule is NC(N)=NS(=O)(=O)c1ccc(NC(=O)C[n+]2c(-c3ccccc3)cccc2-c2ccccc2)cc1. The summed E-state index contributed by atoms with van der Waals surface area (Å²) in [6.07, 6.45) is 0. The average Bonchev–Trinajstić information content (AvgIpc) is 2.85. The van der Waals surface area contributed by atoms with Crippen LogP contribution in [0.5, 0.6) is 0 Å². The van der Waals surface area contributed by atoms with Crippen LogP contribution in [0.25, 0.3) is 22.5 Å². The minimum absolute atomic E-state index is 0.0450. The molecule has 8 nitrogen and oxygen atoms in total. The Labute approximate surface area is 203 Å². The van der Waals surface area contributed by atoms with Gasteiger partial charge in [-0.25, -0.2) is 0 Å². The van der Waals surface area contributed by atoms with Crippen molar-refractivity contribution in [2.45, 2.75) is 11.4 Å². The molecule has 0 saturated heterocycles. The van der Waals surface area contributed by atoms with Crippen LogP contribution < -0.4 is 21.4 Å². The topological polar surface area (TPSA) is 132 Å². The van der Waals surface area contributed by atoms with Gasteiger partial charge in [-0.05, 0) is 54.6 Å². The molecule has 0 unspecified atom stereocenters. The monoisotopic (exact) mass is 486 g/mol. The number of nitrogens with two attached hydrogens (primary N) is 2. The van der Waals surface area contributed by atoms with Crippen molar-refractivity contribution in [1.82, 2.24) is 0 Å². The number of aromatic nitrogens is 1. The molecule has 0 radical (unpaired) electrons. The van der Waals surface area contributed by atoms with E-state index in [2.05, 4.69) is 9.71 Å². The van der Waals surface area contributed by atoms with Crippen molar-refractivity contribution >= 4 is 27.6 Å². The first-order valence-corrected chi connectivity index (χ1v) is 12.2. The van der Waals surface area contributed by atoms with Gasteiger partial charge in [0, 0.05) is 28.9 Å². The summed E-state index contributed by atoms with van der Waals surface area (Å²) in [4.78, 5) is 13.0. The smallest absolute Gasteiger partial charge is 0.290 e. The molecule has 176 valence electrons. The molecule has 4 rings (SSSR count). The molecule has 0 saturated carbocycles. The Hall–Kier alpha value is -4.50. The van der Waals surface area contributed by atoms with Gasteiger partial charge in [-0.3, -0.25) is 4.79 Å². The molecule has 4 aromatic rings. The third kappa shape index (κ3) is 5.71. The molecule has 5 N–H and O–H groups in total. The molecule has 3 aromatic carbocycles. The van der Waals surface area contributed by atoms with Crippen molar-refractivity contribution < 1.29 is 17.8 Å². The lowest BCUT2D eigenvalue weighted by atomic mass is 10.1. The number of nitrogens with zero attached hydrogens (tertiary/aromatic N) is 2. The molecular weight excluding hydrogens is 462 g/mol. The van der Waals surface area contributed by atoms with Crippen LogP contribution >= 0.6 is 0 Å². The van der Waals surface area contributed by atoms with E-state index in [-0.39, 0.29) is 17.3 Å². The first kappa shape index (κ1) is 23.7. The molecule has 0 fully saturated rings. The molecule has 0 aliphatic rings. The minimum Gasteiger partial charge on any atom is -0.369 e. The molecule has 0 aliphatic carbocycles. The zero-order valence-electron chi connectivity index (χ0n) is 18.7. The summed E-state index contributed by atoms with van der Waals surface area (Å²) in [6.45, 7) is 0.0450. The number of carbonyl (C=O) groups excluding carboxylic acids is 1. The zero-order chi connectivity index (χ0) is 24.8. The van der Waals surface area contributed by atoms with Crippen molar-refractivity contribution in [1.29, 1.82) is 0 Å². The fraction of sp³-hybridized carbons (Fsp3) is 0.0385. The van der Waals surface area contributed by atoms with E-state index in [0.29, 0.717) is 5.69 Å². The Balaban J connectivity index is 1.63. The Morgan fingerprint density at radius 1 is 0.743 bits per heavy atom. The van der Waals surface area contributed by atoms with Crippen LogP contribution in [-0.2, 0) is 21.4 Å². The first-order valence-electron chi connectivity index (χ1n) is 10.7. The van der Waals surface area contributed by atoms with Gasteiger partial charge in [-0.2, -0.15) is 13.0 Å². The Bertz CT molecular complexity index is 1410. The predicted molar refractivity (Wildman–Crippen MR) is 136 cm³/mol. The lowest BCUT2D eigenvalue weighted by molar-refractivity contribution is -0.662. The van der Waals surface area contributed by atoms with Crippen LogP contribution in [0.3, 0.4) is 0 Å². The van der Waals surface area contributed by atoms with E-state index in [0.717, 1.165) is 22.5 Å². The minimum atomic E-state index is -4.00. The molecular formula is C26H24N5O3S+. The van der Waals surface area contributed by atoms with Crippen molar-refractivity contribution in [2.24, 2.45) is 15.9 Å². The van der Waals surface area contributed by atoms with Gasteiger partial charge in [0.25, 0.3) is 15.9 Å². The summed E-state index contributed by atoms with van der Waals surface area (Å²) in [5.41, 5.74) is 14.5. The Morgan fingerprint density at radius 2 is 1.26 bits per heavy atom. The molecule has 1 amide bonds. The van der Waals surface area contributed by atoms with E-state index >= 15 is 0 Å². The largest absolute Gasteiger partial charge is 0.369 e. The second-order valence-electron chi connectivity index (χ2n) is 7.68. The van der Waals surface area contributed by atoms with Gasteiger partial charge in [0.15, 0.2) is 0 Å². The number of pyridine rings is 1. The van der Waals surface area contributed by atoms with Crippen LogP contribution in [0.1, 0.15) is 0 Å². The number of nitrogens with one attached hydrogen (secondary N) is 1. The van der Waals surface area contributed by atoms with Crippen molar-refractivity contribution in [3.05, 3.63) is 103 Å². The number of anilines is 1. The Kier molecular flexibility index (Phi) is 6.88. The molecule has 9 heteroatoms. The Morgan fingerprint density at radius 3 is 1.74 bits per heavy atom. The lowest BCUT2D eigenvalue weighted by Gasteiger charge is -2.10. The van der Waals surface area contributed by atoms with Crippen molar-refractivity contribution in [2.75, 3.05) is 5.32 Å². The second kappa shape index (κ2) is 10.2. The first-order chi connectivity index (χ1) is 16.8. The lowest BCUT2D eigenvalue weighted by Crippen LogP contribution is -2.44. The van der Waals surface area contributed by atoms with Gasteiger partial charge in [0.1, 0.15) is 0 Å². The maximum atomic E-state index is 13.1. The van der Waals surface area contributed by atoms with Gasteiger partial charge in [0.05, 0.1) is 4.90 Å². The molecule has 0 spiro atoms. The molecule has 0 atom stereocenters. The van der Waals surface area contributed by atoms with E-state index in [1.165, 1.54) is 24.3 Å². The molecule has 0 bridgehead atoms. The predicted octanol–water partition coefficient (Wildman–Crippen LogP) is 2.91.